The first-order valence-corrected chi connectivity index (χ1v) is 17.7. The molecule has 9 aromatic rings. The summed E-state index contributed by atoms with van der Waals surface area (Å²) in [5, 5.41) is 5.91. The lowest BCUT2D eigenvalue weighted by Crippen LogP contribution is -2.30. The standard InChI is InChI=1S/C44H27N5S/c1-3-14-27(15-4-1)42-45-43(32-21-13-25-38-39(32)31-20-9-12-24-37(31)50-38)47-44(46-42)49-35-23-11-8-19-30(35)40-36(49)26-33-29-18-7-10-22-34(29)48(41(33)40)28-16-5-2-6-17-28/h1-26,33H. The average molecular weight is 658 g/mol. The van der Waals surface area contributed by atoms with Gasteiger partial charge in [0, 0.05) is 59.2 Å². The minimum Gasteiger partial charge on any atom is -0.312 e. The van der Waals surface area contributed by atoms with Crippen LogP contribution in [-0.4, -0.2) is 19.5 Å². The van der Waals surface area contributed by atoms with Crippen LogP contribution in [0.2, 0.25) is 0 Å². The summed E-state index contributed by atoms with van der Waals surface area (Å²) in [7, 11) is 0. The van der Waals surface area contributed by atoms with Crippen LogP contribution in [0.5, 0.6) is 0 Å². The second-order valence-corrected chi connectivity index (χ2v) is 13.9. The number of hydrogen-bond acceptors (Lipinski definition) is 5. The van der Waals surface area contributed by atoms with Crippen molar-refractivity contribution in [3.05, 3.63) is 168 Å². The van der Waals surface area contributed by atoms with Crippen molar-refractivity contribution >= 4 is 65.6 Å². The Balaban J connectivity index is 1.23. The minimum absolute atomic E-state index is 0.105. The number of anilines is 2. The van der Waals surface area contributed by atoms with Crippen molar-refractivity contribution in [3.8, 4) is 28.7 Å². The third kappa shape index (κ3) is 3.91. The Bertz CT molecular complexity index is 2940. The number of fused-ring (bicyclic) bond motifs is 9. The number of benzene rings is 6. The first kappa shape index (κ1) is 27.6. The van der Waals surface area contributed by atoms with Crippen LogP contribution in [0.15, 0.2) is 152 Å². The van der Waals surface area contributed by atoms with E-state index in [1.807, 2.05) is 18.2 Å². The van der Waals surface area contributed by atoms with E-state index in [9.17, 15) is 0 Å². The largest absolute Gasteiger partial charge is 0.312 e. The molecular weight excluding hydrogens is 631 g/mol. The lowest BCUT2D eigenvalue weighted by atomic mass is 10.0. The van der Waals surface area contributed by atoms with Gasteiger partial charge in [0.2, 0.25) is 5.95 Å². The van der Waals surface area contributed by atoms with Gasteiger partial charge in [0.05, 0.1) is 16.6 Å². The molecule has 50 heavy (non-hydrogen) atoms. The van der Waals surface area contributed by atoms with Crippen molar-refractivity contribution in [1.29, 1.82) is 0 Å². The second-order valence-electron chi connectivity index (χ2n) is 12.8. The van der Waals surface area contributed by atoms with Crippen LogP contribution in [0.1, 0.15) is 11.5 Å². The summed E-state index contributed by atoms with van der Waals surface area (Å²) in [6, 6.07) is 53.4. The SMILES string of the molecule is C1=c2c(c3ccccc3n2-c2nc(-c3ccccc3)nc(-c3cccc4sc5ccccc5c34)n2)=C2C1c1ccccc1N2c1ccccc1. The van der Waals surface area contributed by atoms with Gasteiger partial charge >= 0.3 is 0 Å². The fourth-order valence-corrected chi connectivity index (χ4v) is 9.12. The van der Waals surface area contributed by atoms with Gasteiger partial charge in [-0.3, -0.25) is 4.57 Å². The minimum atomic E-state index is 0.105. The van der Waals surface area contributed by atoms with E-state index in [2.05, 4.69) is 149 Å². The summed E-state index contributed by atoms with van der Waals surface area (Å²) in [6.07, 6.45) is 2.41. The van der Waals surface area contributed by atoms with Crippen molar-refractivity contribution in [2.24, 2.45) is 0 Å². The van der Waals surface area contributed by atoms with Crippen molar-refractivity contribution in [3.63, 3.8) is 0 Å². The highest BCUT2D eigenvalue weighted by atomic mass is 32.1. The molecule has 0 bridgehead atoms. The first-order valence-electron chi connectivity index (χ1n) is 16.8. The molecule has 11 rings (SSSR count). The summed E-state index contributed by atoms with van der Waals surface area (Å²) in [5.74, 6) is 2.03. The van der Waals surface area contributed by atoms with E-state index in [-0.39, 0.29) is 5.92 Å². The number of para-hydroxylation sites is 3. The molecule has 0 radical (unpaired) electrons. The van der Waals surface area contributed by atoms with Gasteiger partial charge in [0.1, 0.15) is 0 Å². The summed E-state index contributed by atoms with van der Waals surface area (Å²) in [5.41, 5.74) is 7.98. The molecule has 1 aliphatic carbocycles. The molecule has 1 atom stereocenters. The lowest BCUT2D eigenvalue weighted by Gasteiger charge is -2.22. The molecule has 1 aliphatic heterocycles. The summed E-state index contributed by atoms with van der Waals surface area (Å²) in [6.45, 7) is 0. The van der Waals surface area contributed by atoms with E-state index in [1.54, 1.807) is 11.3 Å². The molecule has 234 valence electrons. The van der Waals surface area contributed by atoms with Crippen molar-refractivity contribution < 1.29 is 0 Å². The molecular formula is C44H27N5S. The molecule has 6 aromatic carbocycles. The molecule has 0 amide bonds. The third-order valence-corrected chi connectivity index (χ3v) is 11.2. The normalized spacial score (nSPS) is 14.7. The fraction of sp³-hybridized carbons (Fsp3) is 0.0227. The molecule has 1 unspecified atom stereocenters. The summed E-state index contributed by atoms with van der Waals surface area (Å²) in [4.78, 5) is 18.2. The van der Waals surface area contributed by atoms with Gasteiger partial charge < -0.3 is 4.90 Å². The smallest absolute Gasteiger partial charge is 0.238 e. The van der Waals surface area contributed by atoms with E-state index in [0.717, 1.165) is 27.7 Å². The number of hydrogen-bond donors (Lipinski definition) is 0. The van der Waals surface area contributed by atoms with Crippen LogP contribution in [0.4, 0.5) is 11.4 Å². The number of nitrogens with zero attached hydrogens (tertiary/aromatic N) is 5. The zero-order valence-electron chi connectivity index (χ0n) is 26.7. The van der Waals surface area contributed by atoms with E-state index >= 15 is 0 Å². The average Bonchev–Trinajstić information content (AvgIpc) is 3.91. The highest BCUT2D eigenvalue weighted by Crippen LogP contribution is 2.50. The highest BCUT2D eigenvalue weighted by molar-refractivity contribution is 7.25. The number of thiophene rings is 1. The van der Waals surface area contributed by atoms with Crippen molar-refractivity contribution in [2.45, 2.75) is 5.92 Å². The van der Waals surface area contributed by atoms with E-state index in [1.165, 1.54) is 47.7 Å². The highest BCUT2D eigenvalue weighted by Gasteiger charge is 2.38. The van der Waals surface area contributed by atoms with Crippen molar-refractivity contribution in [2.75, 3.05) is 4.90 Å². The fourth-order valence-electron chi connectivity index (χ4n) is 7.98. The zero-order valence-corrected chi connectivity index (χ0v) is 27.5. The number of rotatable bonds is 4. The molecule has 0 saturated heterocycles. The maximum absolute atomic E-state index is 5.35. The second kappa shape index (κ2) is 10.6. The molecule has 6 heteroatoms. The Kier molecular flexibility index (Phi) is 5.82. The monoisotopic (exact) mass is 657 g/mol. The molecule has 5 nitrogen and oxygen atoms in total. The first-order chi connectivity index (χ1) is 24.8. The molecule has 2 aliphatic rings. The Morgan fingerprint density at radius 3 is 2.14 bits per heavy atom. The molecule has 0 spiro atoms. The van der Waals surface area contributed by atoms with Gasteiger partial charge in [-0.1, -0.05) is 115 Å². The zero-order chi connectivity index (χ0) is 32.8. The predicted octanol–water partition coefficient (Wildman–Crippen LogP) is 9.36. The maximum Gasteiger partial charge on any atom is 0.238 e. The predicted molar refractivity (Wildman–Crippen MR) is 205 cm³/mol. The van der Waals surface area contributed by atoms with Crippen LogP contribution in [0.3, 0.4) is 0 Å². The summed E-state index contributed by atoms with van der Waals surface area (Å²) >= 11 is 1.80. The van der Waals surface area contributed by atoms with Crippen LogP contribution in [0.25, 0.3) is 71.6 Å². The van der Waals surface area contributed by atoms with Crippen LogP contribution in [0, 0.1) is 0 Å². The van der Waals surface area contributed by atoms with E-state index in [0.29, 0.717) is 17.6 Å². The maximum atomic E-state index is 5.35. The Morgan fingerprint density at radius 1 is 0.560 bits per heavy atom. The van der Waals surface area contributed by atoms with Gasteiger partial charge in [-0.05, 0) is 48.0 Å². The van der Waals surface area contributed by atoms with Gasteiger partial charge in [0.15, 0.2) is 11.6 Å². The Labute approximate surface area is 291 Å². The summed E-state index contributed by atoms with van der Waals surface area (Å²) < 4.78 is 4.73. The molecule has 4 heterocycles. The van der Waals surface area contributed by atoms with Crippen LogP contribution < -0.4 is 15.5 Å². The molecule has 0 fully saturated rings. The lowest BCUT2D eigenvalue weighted by molar-refractivity contribution is 0.911. The third-order valence-electron chi connectivity index (χ3n) is 10.1. The quantitative estimate of drug-likeness (QED) is 0.189. The van der Waals surface area contributed by atoms with Crippen LogP contribution in [-0.2, 0) is 0 Å². The van der Waals surface area contributed by atoms with Gasteiger partial charge in [-0.15, -0.1) is 11.3 Å². The van der Waals surface area contributed by atoms with Gasteiger partial charge in [-0.25, -0.2) is 4.98 Å². The Hall–Kier alpha value is -6.37. The van der Waals surface area contributed by atoms with E-state index in [4.69, 9.17) is 15.0 Å². The number of aromatic nitrogens is 4. The Morgan fingerprint density at radius 2 is 1.26 bits per heavy atom. The molecule has 0 saturated carbocycles. The van der Waals surface area contributed by atoms with Gasteiger partial charge in [0.25, 0.3) is 0 Å². The van der Waals surface area contributed by atoms with Crippen LogP contribution >= 0.6 is 11.3 Å². The van der Waals surface area contributed by atoms with E-state index < -0.39 is 0 Å². The molecule has 0 N–H and O–H groups in total. The van der Waals surface area contributed by atoms with Crippen molar-refractivity contribution in [1.82, 2.24) is 19.5 Å². The topological polar surface area (TPSA) is 46.8 Å². The molecule has 3 aromatic heterocycles. The van der Waals surface area contributed by atoms with Gasteiger partial charge in [-0.2, -0.15) is 9.97 Å².